The maximum atomic E-state index is 13.2. The topological polar surface area (TPSA) is 54.5 Å². The second-order valence-electron chi connectivity index (χ2n) is 7.60. The predicted molar refractivity (Wildman–Crippen MR) is 116 cm³/mol. The van der Waals surface area contributed by atoms with Gasteiger partial charge in [-0.25, -0.2) is 4.98 Å². The van der Waals surface area contributed by atoms with Crippen LogP contribution in [0.5, 0.6) is 5.75 Å². The fourth-order valence-corrected chi connectivity index (χ4v) is 3.68. The van der Waals surface area contributed by atoms with Gasteiger partial charge in [0.25, 0.3) is 5.91 Å². The molecule has 0 radical (unpaired) electrons. The van der Waals surface area contributed by atoms with Gasteiger partial charge in [0.15, 0.2) is 0 Å². The van der Waals surface area contributed by atoms with Crippen molar-refractivity contribution in [2.45, 2.75) is 39.3 Å². The highest BCUT2D eigenvalue weighted by molar-refractivity contribution is 6.08. The van der Waals surface area contributed by atoms with E-state index in [1.807, 2.05) is 61.2 Å². The Morgan fingerprint density at radius 1 is 1.14 bits per heavy atom. The number of amides is 1. The number of rotatable bonds is 5. The summed E-state index contributed by atoms with van der Waals surface area (Å²) in [5, 5.41) is 3.26. The first-order chi connectivity index (χ1) is 14.0. The summed E-state index contributed by atoms with van der Waals surface area (Å²) < 4.78 is 5.67. The summed E-state index contributed by atoms with van der Waals surface area (Å²) in [6.07, 6.45) is 2.68. The second-order valence-corrected chi connectivity index (χ2v) is 7.60. The number of ether oxygens (including phenoxy) is 1. The Labute approximate surface area is 171 Å². The van der Waals surface area contributed by atoms with Crippen LogP contribution < -0.4 is 15.0 Å². The summed E-state index contributed by atoms with van der Waals surface area (Å²) in [5.41, 5.74) is 3.71. The summed E-state index contributed by atoms with van der Waals surface area (Å²) in [6, 6.07) is 19.5. The van der Waals surface area contributed by atoms with Crippen LogP contribution in [-0.2, 0) is 6.42 Å². The average Bonchev–Trinajstić information content (AvgIpc) is 3.04. The summed E-state index contributed by atoms with van der Waals surface area (Å²) in [4.78, 5) is 19.5. The van der Waals surface area contributed by atoms with Gasteiger partial charge in [-0.1, -0.05) is 18.2 Å². The maximum absolute atomic E-state index is 13.2. The van der Waals surface area contributed by atoms with Crippen LogP contribution in [0, 0.1) is 0 Å². The lowest BCUT2D eigenvalue weighted by Crippen LogP contribution is -2.35. The number of nitrogens with zero attached hydrogens (tertiary/aromatic N) is 2. The van der Waals surface area contributed by atoms with E-state index in [1.165, 1.54) is 5.56 Å². The zero-order valence-corrected chi connectivity index (χ0v) is 16.9. The first kappa shape index (κ1) is 19.0. The Balaban J connectivity index is 1.52. The monoisotopic (exact) mass is 387 g/mol. The van der Waals surface area contributed by atoms with Crippen molar-refractivity contribution in [3.05, 3.63) is 78.0 Å². The molecular formula is C24H25N3O2. The Kier molecular flexibility index (Phi) is 5.21. The fraction of sp³-hybridized carbons (Fsp3) is 0.250. The number of benzene rings is 2. The molecule has 1 aliphatic rings. The van der Waals surface area contributed by atoms with Crippen LogP contribution in [0.1, 0.15) is 36.7 Å². The van der Waals surface area contributed by atoms with E-state index in [-0.39, 0.29) is 18.1 Å². The van der Waals surface area contributed by atoms with Gasteiger partial charge in [-0.05, 0) is 75.2 Å². The molecule has 2 heterocycles. The summed E-state index contributed by atoms with van der Waals surface area (Å²) in [5.74, 6) is 1.45. The molecule has 1 N–H and O–H groups in total. The molecule has 0 aliphatic carbocycles. The average molecular weight is 387 g/mol. The number of carbonyl (C=O) groups is 1. The van der Waals surface area contributed by atoms with Crippen LogP contribution in [0.4, 0.5) is 17.2 Å². The molecule has 29 heavy (non-hydrogen) atoms. The van der Waals surface area contributed by atoms with Gasteiger partial charge in [0.2, 0.25) is 0 Å². The van der Waals surface area contributed by atoms with E-state index >= 15 is 0 Å². The number of pyridine rings is 1. The summed E-state index contributed by atoms with van der Waals surface area (Å²) >= 11 is 0. The number of aromatic nitrogens is 1. The highest BCUT2D eigenvalue weighted by Crippen LogP contribution is 2.33. The van der Waals surface area contributed by atoms with Crippen molar-refractivity contribution >= 4 is 23.1 Å². The largest absolute Gasteiger partial charge is 0.491 e. The Bertz CT molecular complexity index is 1010. The van der Waals surface area contributed by atoms with Gasteiger partial charge in [0.1, 0.15) is 11.6 Å². The summed E-state index contributed by atoms with van der Waals surface area (Å²) in [6.45, 7) is 6.08. The molecule has 0 spiro atoms. The van der Waals surface area contributed by atoms with Crippen molar-refractivity contribution in [3.63, 3.8) is 0 Å². The molecule has 0 saturated heterocycles. The molecule has 4 rings (SSSR count). The lowest BCUT2D eigenvalue weighted by molar-refractivity contribution is 0.0981. The number of fused-ring (bicyclic) bond motifs is 1. The van der Waals surface area contributed by atoms with E-state index in [0.29, 0.717) is 11.4 Å². The number of hydrogen-bond donors (Lipinski definition) is 1. The molecule has 0 bridgehead atoms. The molecule has 1 atom stereocenters. The highest BCUT2D eigenvalue weighted by Gasteiger charge is 2.31. The third-order valence-corrected chi connectivity index (χ3v) is 4.93. The van der Waals surface area contributed by atoms with Crippen LogP contribution in [0.2, 0.25) is 0 Å². The molecule has 5 nitrogen and oxygen atoms in total. The van der Waals surface area contributed by atoms with Crippen molar-refractivity contribution in [2.75, 3.05) is 10.2 Å². The third kappa shape index (κ3) is 4.09. The molecule has 5 heteroatoms. The zero-order valence-electron chi connectivity index (χ0n) is 16.9. The first-order valence-corrected chi connectivity index (χ1v) is 9.92. The van der Waals surface area contributed by atoms with Gasteiger partial charge in [-0.2, -0.15) is 0 Å². The second kappa shape index (κ2) is 7.95. The van der Waals surface area contributed by atoms with Crippen molar-refractivity contribution in [3.8, 4) is 5.75 Å². The number of carbonyl (C=O) groups excluding carboxylic acids is 1. The van der Waals surface area contributed by atoms with Gasteiger partial charge in [0.05, 0.1) is 6.10 Å². The molecule has 1 aliphatic heterocycles. The molecular weight excluding hydrogens is 362 g/mol. The van der Waals surface area contributed by atoms with Crippen molar-refractivity contribution in [1.29, 1.82) is 0 Å². The third-order valence-electron chi connectivity index (χ3n) is 4.93. The van der Waals surface area contributed by atoms with Gasteiger partial charge < -0.3 is 15.0 Å². The van der Waals surface area contributed by atoms with E-state index in [4.69, 9.17) is 4.74 Å². The van der Waals surface area contributed by atoms with E-state index in [2.05, 4.69) is 23.3 Å². The van der Waals surface area contributed by atoms with Crippen molar-refractivity contribution in [2.24, 2.45) is 0 Å². The molecule has 0 saturated carbocycles. The van der Waals surface area contributed by atoms with E-state index < -0.39 is 0 Å². The Morgan fingerprint density at radius 2 is 1.90 bits per heavy atom. The number of anilines is 3. The first-order valence-electron chi connectivity index (χ1n) is 9.92. The normalized spacial score (nSPS) is 15.3. The maximum Gasteiger partial charge on any atom is 0.258 e. The van der Waals surface area contributed by atoms with Crippen molar-refractivity contribution in [1.82, 2.24) is 4.98 Å². The van der Waals surface area contributed by atoms with Crippen LogP contribution in [0.3, 0.4) is 0 Å². The smallest absolute Gasteiger partial charge is 0.258 e. The zero-order chi connectivity index (χ0) is 20.4. The molecule has 148 valence electrons. The van der Waals surface area contributed by atoms with Gasteiger partial charge in [-0.3, -0.25) is 4.79 Å². The number of hydrogen-bond acceptors (Lipinski definition) is 4. The quantitative estimate of drug-likeness (QED) is 0.653. The van der Waals surface area contributed by atoms with Crippen LogP contribution in [0.15, 0.2) is 66.9 Å². The lowest BCUT2D eigenvalue weighted by Gasteiger charge is -2.23. The molecule has 0 fully saturated rings. The molecule has 3 aromatic rings. The molecule has 1 amide bonds. The highest BCUT2D eigenvalue weighted by atomic mass is 16.5. The van der Waals surface area contributed by atoms with Crippen LogP contribution in [0.25, 0.3) is 0 Å². The number of nitrogens with one attached hydrogen (secondary N) is 1. The Morgan fingerprint density at radius 3 is 2.66 bits per heavy atom. The molecule has 1 aromatic heterocycles. The lowest BCUT2D eigenvalue weighted by atomic mass is 10.1. The van der Waals surface area contributed by atoms with Crippen LogP contribution >= 0.6 is 0 Å². The van der Waals surface area contributed by atoms with Gasteiger partial charge in [0, 0.05) is 29.2 Å². The molecule has 2 aromatic carbocycles. The SMILES string of the molecule is CC(C)Oc1ccc(Nc2cc(C(=O)N3c4ccccc4CC3C)ccn2)cc1. The predicted octanol–water partition coefficient (Wildman–Crippen LogP) is 5.20. The van der Waals surface area contributed by atoms with Gasteiger partial charge >= 0.3 is 0 Å². The Hall–Kier alpha value is -3.34. The van der Waals surface area contributed by atoms with E-state index in [9.17, 15) is 4.79 Å². The minimum absolute atomic E-state index is 0.00594. The summed E-state index contributed by atoms with van der Waals surface area (Å²) in [7, 11) is 0. The van der Waals surface area contributed by atoms with E-state index in [1.54, 1.807) is 18.3 Å². The minimum Gasteiger partial charge on any atom is -0.491 e. The fourth-order valence-electron chi connectivity index (χ4n) is 3.68. The standard InChI is InChI=1S/C24H25N3O2/c1-16(2)29-21-10-8-20(9-11-21)26-23-15-19(12-13-25-23)24(28)27-17(3)14-18-6-4-5-7-22(18)27/h4-13,15-17H,14H2,1-3H3,(H,25,26). The van der Waals surface area contributed by atoms with Gasteiger partial charge in [-0.15, -0.1) is 0 Å². The van der Waals surface area contributed by atoms with E-state index in [0.717, 1.165) is 23.5 Å². The van der Waals surface area contributed by atoms with Crippen molar-refractivity contribution < 1.29 is 9.53 Å². The minimum atomic E-state index is -0.00594. The van der Waals surface area contributed by atoms with Crippen LogP contribution in [-0.4, -0.2) is 23.0 Å². The molecule has 1 unspecified atom stereocenters. The number of para-hydroxylation sites is 1.